The van der Waals surface area contributed by atoms with E-state index >= 15 is 0 Å². The molecule has 4 aromatic rings. The topological polar surface area (TPSA) is 199 Å². The van der Waals surface area contributed by atoms with Crippen molar-refractivity contribution in [3.8, 4) is 22.3 Å². The second kappa shape index (κ2) is 21.2. The van der Waals surface area contributed by atoms with Crippen LogP contribution in [0.25, 0.3) is 10.4 Å². The van der Waals surface area contributed by atoms with E-state index in [4.69, 9.17) is 25.9 Å². The van der Waals surface area contributed by atoms with E-state index in [0.29, 0.717) is 48.1 Å². The van der Waals surface area contributed by atoms with Gasteiger partial charge >= 0.3 is 0 Å². The molecule has 7 rings (SSSR count). The molecule has 16 nitrogen and oxygen atoms in total. The Hall–Kier alpha value is -5.61. The monoisotopic (exact) mass is 982 g/mol. The van der Waals surface area contributed by atoms with E-state index in [9.17, 15) is 29.5 Å². The first-order chi connectivity index (χ1) is 32.7. The molecule has 3 fully saturated rings. The Morgan fingerprint density at radius 3 is 2.28 bits per heavy atom. The summed E-state index contributed by atoms with van der Waals surface area (Å²) in [4.78, 5) is 69.0. The zero-order valence-electron chi connectivity index (χ0n) is 40.5. The molecule has 1 aromatic heterocycles. The van der Waals surface area contributed by atoms with Crippen LogP contribution in [0.15, 0.2) is 72.2 Å². The molecule has 0 unspecified atom stereocenters. The van der Waals surface area contributed by atoms with Gasteiger partial charge in [-0.2, -0.15) is 10.3 Å². The van der Waals surface area contributed by atoms with Gasteiger partial charge in [0.05, 0.1) is 32.8 Å². The van der Waals surface area contributed by atoms with Gasteiger partial charge in [-0.05, 0) is 59.9 Å². The van der Waals surface area contributed by atoms with Crippen molar-refractivity contribution in [1.29, 1.82) is 5.26 Å². The van der Waals surface area contributed by atoms with Crippen molar-refractivity contribution in [2.24, 2.45) is 16.2 Å². The largest absolute Gasteiger partial charge is 0.489 e. The number of carbonyl (C=O) groups is 4. The minimum Gasteiger partial charge on any atom is -0.489 e. The van der Waals surface area contributed by atoms with Crippen molar-refractivity contribution in [3.05, 3.63) is 99.6 Å². The van der Waals surface area contributed by atoms with Gasteiger partial charge in [-0.15, -0.1) is 11.3 Å². The van der Waals surface area contributed by atoms with Gasteiger partial charge in [-0.3, -0.25) is 24.0 Å². The fourth-order valence-corrected chi connectivity index (χ4v) is 11.0. The number of hydroxylamine groups is 2. The maximum Gasteiger partial charge on any atom is 0.251 e. The molecule has 0 bridgehead atoms. The number of aromatic nitrogens is 1. The minimum absolute atomic E-state index is 0.0295. The highest BCUT2D eigenvalue weighted by Crippen LogP contribution is 2.55. The number of likely N-dealkylation sites (tertiary alicyclic amines) is 1. The number of aryl methyl sites for hydroxylation is 1. The highest BCUT2D eigenvalue weighted by Gasteiger charge is 2.64. The zero-order valence-corrected chi connectivity index (χ0v) is 42.1. The number of nitrogens with zero attached hydrogens (tertiary/aromatic N) is 5. The fourth-order valence-electron chi connectivity index (χ4n) is 9.94. The summed E-state index contributed by atoms with van der Waals surface area (Å²) in [5, 5.41) is 30.9. The Morgan fingerprint density at radius 1 is 0.986 bits per heavy atom. The van der Waals surface area contributed by atoms with Crippen LogP contribution in [0.5, 0.6) is 5.75 Å². The number of hydrogen-bond acceptors (Lipinski definition) is 13. The number of anilines is 1. The standard InChI is InChI=1S/C51H63ClN8O8S/c1-31-42(69-29-55-31)33-11-9-32(10-12-33)26-54-45(64)40-23-37(61)27-60(40)46(65)43(49(2,3)4)56-41(62)28-66-30-67-59-21-19-58(20-22-59)36-16-13-34(14-17-36)44(63)57-47-50(5,6)48(51(47,7)8)68-38-18-15-35(25-53)39(52)24-38/h9-18,24,29,37,40,43,47-48,61H,19-23,26-28,30H2,1-8H3,(H,54,64)(H,56,62)(H,57,63)/t37-,40+,43-,47-,48-/m1/s1. The molecule has 1 saturated carbocycles. The lowest BCUT2D eigenvalue weighted by atomic mass is 9.49. The number of halogens is 1. The SMILES string of the molecule is Cc1ncsc1-c1ccc(CNC(=O)[C@@H]2C[C@@H](O)CN2C(=O)[C@@H](NC(=O)COCON2CCN(c3ccc(C(=O)N[C@H]4C(C)(C)[C@H](Oc5ccc(C#N)c(Cl)c5)C4(C)C)cc3)CC2)C(C)(C)C)cc1. The van der Waals surface area contributed by atoms with Gasteiger partial charge in [0.15, 0.2) is 6.79 Å². The molecule has 4 N–H and O–H groups in total. The van der Waals surface area contributed by atoms with Crippen LogP contribution in [0, 0.1) is 34.5 Å². The third-order valence-corrected chi connectivity index (χ3v) is 14.7. The van der Waals surface area contributed by atoms with Gasteiger partial charge in [0.25, 0.3) is 5.91 Å². The van der Waals surface area contributed by atoms with Crippen LogP contribution >= 0.6 is 22.9 Å². The number of carbonyl (C=O) groups excluding carboxylic acids is 4. The fraction of sp³-hybridized carbons (Fsp3) is 0.490. The summed E-state index contributed by atoms with van der Waals surface area (Å²) in [5.74, 6) is -0.953. The summed E-state index contributed by atoms with van der Waals surface area (Å²) < 4.78 is 11.9. The number of aliphatic hydroxyl groups excluding tert-OH is 1. The van der Waals surface area contributed by atoms with Crippen LogP contribution in [0.1, 0.15) is 82.1 Å². The molecule has 3 heterocycles. The number of thiazole rings is 1. The van der Waals surface area contributed by atoms with Gasteiger partial charge in [-0.25, -0.2) is 4.98 Å². The number of nitrogens with one attached hydrogen (secondary N) is 3. The third-order valence-electron chi connectivity index (χ3n) is 13.4. The first-order valence-electron chi connectivity index (χ1n) is 23.2. The molecular formula is C51H63ClN8O8S. The quantitative estimate of drug-likeness (QED) is 0.0746. The van der Waals surface area contributed by atoms with E-state index in [1.165, 1.54) is 4.90 Å². The Kier molecular flexibility index (Phi) is 15.7. The molecule has 0 radical (unpaired) electrons. The van der Waals surface area contributed by atoms with E-state index in [1.807, 2.05) is 81.7 Å². The van der Waals surface area contributed by atoms with E-state index in [-0.39, 0.29) is 56.9 Å². The van der Waals surface area contributed by atoms with Crippen LogP contribution in [-0.2, 0) is 30.5 Å². The lowest BCUT2D eigenvalue weighted by Crippen LogP contribution is -2.74. The molecule has 1 aliphatic carbocycles. The Labute approximate surface area is 413 Å². The Bertz CT molecular complexity index is 2520. The van der Waals surface area contributed by atoms with Gasteiger partial charge in [0.1, 0.15) is 36.6 Å². The van der Waals surface area contributed by atoms with Crippen molar-refractivity contribution in [2.75, 3.05) is 51.0 Å². The van der Waals surface area contributed by atoms with Gasteiger partial charge < -0.3 is 40.3 Å². The smallest absolute Gasteiger partial charge is 0.251 e. The molecule has 3 aliphatic rings. The number of piperazine rings is 1. The predicted molar refractivity (Wildman–Crippen MR) is 263 cm³/mol. The average Bonchev–Trinajstić information content (AvgIpc) is 3.94. The molecule has 2 saturated heterocycles. The van der Waals surface area contributed by atoms with Crippen LogP contribution in [-0.4, -0.2) is 120 Å². The summed E-state index contributed by atoms with van der Waals surface area (Å²) in [5.41, 5.74) is 5.10. The third kappa shape index (κ3) is 11.7. The van der Waals surface area contributed by atoms with Crippen molar-refractivity contribution < 1.29 is 38.6 Å². The van der Waals surface area contributed by atoms with Crippen LogP contribution in [0.2, 0.25) is 5.02 Å². The van der Waals surface area contributed by atoms with E-state index in [0.717, 1.165) is 27.4 Å². The number of amides is 4. The zero-order chi connectivity index (χ0) is 49.8. The summed E-state index contributed by atoms with van der Waals surface area (Å²) in [6.07, 6.45) is -1.01. The van der Waals surface area contributed by atoms with Crippen molar-refractivity contribution in [1.82, 2.24) is 30.9 Å². The molecule has 69 heavy (non-hydrogen) atoms. The van der Waals surface area contributed by atoms with Gasteiger partial charge in [0.2, 0.25) is 17.7 Å². The van der Waals surface area contributed by atoms with Crippen molar-refractivity contribution >= 4 is 52.3 Å². The first-order valence-corrected chi connectivity index (χ1v) is 24.5. The Balaban J connectivity index is 0.823. The van der Waals surface area contributed by atoms with Gasteiger partial charge in [-0.1, -0.05) is 84.3 Å². The summed E-state index contributed by atoms with van der Waals surface area (Å²) >= 11 is 7.82. The van der Waals surface area contributed by atoms with Crippen molar-refractivity contribution in [3.63, 3.8) is 0 Å². The molecule has 4 amide bonds. The van der Waals surface area contributed by atoms with E-state index < -0.39 is 46.2 Å². The average molecular weight is 984 g/mol. The number of β-amino-alcohol motifs (C(OH)–C–C–N with tert-alkyl or cyclic N) is 1. The van der Waals surface area contributed by atoms with E-state index in [2.05, 4.69) is 59.6 Å². The number of hydrogen-bond donors (Lipinski definition) is 4. The number of ether oxygens (including phenoxy) is 2. The number of rotatable bonds is 16. The number of aliphatic hydroxyl groups is 1. The highest BCUT2D eigenvalue weighted by atomic mass is 35.5. The predicted octanol–water partition coefficient (Wildman–Crippen LogP) is 6.09. The van der Waals surface area contributed by atoms with Crippen LogP contribution < -0.4 is 25.6 Å². The summed E-state index contributed by atoms with van der Waals surface area (Å²) in [7, 11) is 0. The lowest BCUT2D eigenvalue weighted by molar-refractivity contribution is -0.225. The van der Waals surface area contributed by atoms with Crippen LogP contribution in [0.4, 0.5) is 5.69 Å². The number of benzene rings is 3. The Morgan fingerprint density at radius 2 is 1.67 bits per heavy atom. The molecule has 3 atom stereocenters. The van der Waals surface area contributed by atoms with Crippen molar-refractivity contribution in [2.45, 2.75) is 98.7 Å². The molecule has 368 valence electrons. The summed E-state index contributed by atoms with van der Waals surface area (Å²) in [6, 6.07) is 20.4. The maximum absolute atomic E-state index is 14.0. The molecule has 3 aromatic carbocycles. The molecule has 2 aliphatic heterocycles. The normalized spacial score (nSPS) is 21.4. The molecule has 18 heteroatoms. The lowest BCUT2D eigenvalue weighted by Gasteiger charge is -2.63. The van der Waals surface area contributed by atoms with Gasteiger partial charge in [0, 0.05) is 79.9 Å². The van der Waals surface area contributed by atoms with E-state index in [1.54, 1.807) is 34.6 Å². The minimum atomic E-state index is -0.993. The molecular weight excluding hydrogens is 920 g/mol. The maximum atomic E-state index is 14.0. The second-order valence-electron chi connectivity index (χ2n) is 20.3. The number of nitriles is 1. The highest BCUT2D eigenvalue weighted by molar-refractivity contribution is 7.13. The van der Waals surface area contributed by atoms with Crippen LogP contribution in [0.3, 0.4) is 0 Å². The summed E-state index contributed by atoms with van der Waals surface area (Å²) in [6.45, 7) is 17.8. The second-order valence-corrected chi connectivity index (χ2v) is 21.6. The first kappa shape index (κ1) is 51.2. The molecule has 0 spiro atoms.